The Balaban J connectivity index is 1.97. The summed E-state index contributed by atoms with van der Waals surface area (Å²) in [5.74, 6) is -1.89. The lowest BCUT2D eigenvalue weighted by Gasteiger charge is -2.29. The number of ether oxygens (including phenoxy) is 2. The molecule has 1 aliphatic heterocycles. The minimum absolute atomic E-state index is 0.378. The van der Waals surface area contributed by atoms with Crippen molar-refractivity contribution in [1.29, 1.82) is 0 Å². The predicted octanol–water partition coefficient (Wildman–Crippen LogP) is 2.86. The average Bonchev–Trinajstić information content (AvgIpc) is 2.75. The summed E-state index contributed by atoms with van der Waals surface area (Å²) in [6.45, 7) is 0. The molecule has 6 nitrogen and oxygen atoms in total. The molecule has 29 heavy (non-hydrogen) atoms. The van der Waals surface area contributed by atoms with Crippen LogP contribution in [-0.2, 0) is 4.79 Å². The highest BCUT2D eigenvalue weighted by Crippen LogP contribution is 2.46. The van der Waals surface area contributed by atoms with Gasteiger partial charge in [-0.3, -0.25) is 11.5 Å². The van der Waals surface area contributed by atoms with Crippen molar-refractivity contribution < 1.29 is 14.3 Å². The van der Waals surface area contributed by atoms with Gasteiger partial charge in [-0.25, -0.2) is 4.79 Å². The van der Waals surface area contributed by atoms with Gasteiger partial charge in [0.2, 0.25) is 5.85 Å². The molecule has 4 aromatic rings. The van der Waals surface area contributed by atoms with E-state index in [1.807, 2.05) is 60.7 Å². The van der Waals surface area contributed by atoms with E-state index < -0.39 is 17.9 Å². The lowest BCUT2D eigenvalue weighted by Crippen LogP contribution is -2.69. The fourth-order valence-corrected chi connectivity index (χ4v) is 3.80. The molecule has 5 rings (SSSR count). The molecule has 1 atom stereocenters. The Morgan fingerprint density at radius 3 is 1.86 bits per heavy atom. The molecule has 0 aromatic heterocycles. The van der Waals surface area contributed by atoms with E-state index in [4.69, 9.17) is 26.7 Å². The van der Waals surface area contributed by atoms with Crippen LogP contribution in [0, 0.1) is 0 Å². The third kappa shape index (κ3) is 2.74. The van der Waals surface area contributed by atoms with E-state index in [1.54, 1.807) is 12.1 Å². The number of nitrogens with two attached hydrogens (primary N) is 3. The number of hydrogen-bond donors (Lipinski definition) is 3. The van der Waals surface area contributed by atoms with Gasteiger partial charge in [-0.15, -0.1) is 0 Å². The van der Waals surface area contributed by atoms with Crippen molar-refractivity contribution in [3.05, 3.63) is 72.8 Å². The second-order valence-electron chi connectivity index (χ2n) is 7.17. The number of carbonyl (C=O) groups is 1. The van der Waals surface area contributed by atoms with Gasteiger partial charge < -0.3 is 15.2 Å². The minimum atomic E-state index is -1.94. The van der Waals surface area contributed by atoms with Gasteiger partial charge in [0.15, 0.2) is 6.04 Å². The maximum Gasteiger partial charge on any atom is 0.335 e. The van der Waals surface area contributed by atoms with Crippen LogP contribution in [0.2, 0.25) is 0 Å². The van der Waals surface area contributed by atoms with Crippen LogP contribution in [0.1, 0.15) is 0 Å². The lowest BCUT2D eigenvalue weighted by atomic mass is 9.92. The van der Waals surface area contributed by atoms with Gasteiger partial charge in [0.25, 0.3) is 0 Å². The average molecular weight is 385 g/mol. The van der Waals surface area contributed by atoms with Gasteiger partial charge in [-0.05, 0) is 33.7 Å². The molecular formula is C23H19N3O3. The summed E-state index contributed by atoms with van der Waals surface area (Å²) in [7, 11) is 0. The van der Waals surface area contributed by atoms with Crippen molar-refractivity contribution in [3.8, 4) is 22.6 Å². The molecule has 4 aromatic carbocycles. The number of esters is 1. The first-order valence-corrected chi connectivity index (χ1v) is 9.23. The summed E-state index contributed by atoms with van der Waals surface area (Å²) in [5, 5.41) is 3.83. The van der Waals surface area contributed by atoms with E-state index in [0.717, 1.165) is 32.7 Å². The number of fused-ring (bicyclic) bond motifs is 7. The quantitative estimate of drug-likeness (QED) is 0.244. The third-order valence-corrected chi connectivity index (χ3v) is 5.27. The van der Waals surface area contributed by atoms with Gasteiger partial charge in [-0.1, -0.05) is 60.7 Å². The summed E-state index contributed by atoms with van der Waals surface area (Å²) in [4.78, 5) is 12.7. The molecule has 0 amide bonds. The molecule has 0 saturated heterocycles. The number of carbonyl (C=O) groups excluding carboxylic acids is 1. The second-order valence-corrected chi connectivity index (χ2v) is 7.17. The Morgan fingerprint density at radius 2 is 1.24 bits per heavy atom. The summed E-state index contributed by atoms with van der Waals surface area (Å²) in [6.07, 6.45) is 0. The Kier molecular flexibility index (Phi) is 3.82. The van der Waals surface area contributed by atoms with Crippen LogP contribution in [0.3, 0.4) is 0 Å². The maximum absolute atomic E-state index is 12.7. The highest BCUT2D eigenvalue weighted by molar-refractivity contribution is 6.10. The van der Waals surface area contributed by atoms with E-state index in [9.17, 15) is 4.79 Å². The molecule has 144 valence electrons. The number of hydrogen-bond acceptors (Lipinski definition) is 6. The van der Waals surface area contributed by atoms with E-state index in [0.29, 0.717) is 11.5 Å². The molecule has 0 radical (unpaired) electrons. The molecule has 0 saturated carbocycles. The summed E-state index contributed by atoms with van der Waals surface area (Å²) in [5.41, 5.74) is 19.6. The molecule has 0 spiro atoms. The zero-order valence-electron chi connectivity index (χ0n) is 15.5. The standard InChI is InChI=1S/C23H19N3O3/c24-21-22(27)28-17-11-9-13-5-1-3-7-15(13)19(17)20-16-8-4-2-6-14(16)10-12-18(20)29-23(21,25)26/h1-12,21H,24-26H2. The monoisotopic (exact) mass is 385 g/mol. The largest absolute Gasteiger partial charge is 0.457 e. The van der Waals surface area contributed by atoms with Crippen LogP contribution in [-0.4, -0.2) is 17.9 Å². The maximum atomic E-state index is 12.7. The predicted molar refractivity (Wildman–Crippen MR) is 112 cm³/mol. The van der Waals surface area contributed by atoms with Gasteiger partial charge >= 0.3 is 5.97 Å². The van der Waals surface area contributed by atoms with Crippen LogP contribution < -0.4 is 26.7 Å². The summed E-state index contributed by atoms with van der Waals surface area (Å²) in [6, 6.07) is 21.7. The Bertz CT molecular complexity index is 1280. The Morgan fingerprint density at radius 1 is 0.724 bits per heavy atom. The summed E-state index contributed by atoms with van der Waals surface area (Å²) >= 11 is 0. The van der Waals surface area contributed by atoms with Crippen LogP contribution in [0.4, 0.5) is 0 Å². The van der Waals surface area contributed by atoms with Crippen LogP contribution in [0.25, 0.3) is 32.7 Å². The molecule has 1 unspecified atom stereocenters. The molecular weight excluding hydrogens is 366 g/mol. The molecule has 6 heteroatoms. The van der Waals surface area contributed by atoms with Crippen molar-refractivity contribution in [1.82, 2.24) is 0 Å². The second kappa shape index (κ2) is 6.28. The first kappa shape index (κ1) is 17.6. The van der Waals surface area contributed by atoms with Crippen molar-refractivity contribution in [3.63, 3.8) is 0 Å². The molecule has 1 heterocycles. The highest BCUT2D eigenvalue weighted by Gasteiger charge is 2.40. The van der Waals surface area contributed by atoms with Crippen molar-refractivity contribution >= 4 is 27.5 Å². The highest BCUT2D eigenvalue weighted by atomic mass is 16.6. The Hall–Kier alpha value is -3.45. The molecule has 0 aliphatic carbocycles. The van der Waals surface area contributed by atoms with Crippen molar-refractivity contribution in [2.75, 3.05) is 0 Å². The topological polar surface area (TPSA) is 114 Å². The van der Waals surface area contributed by atoms with Crippen molar-refractivity contribution in [2.45, 2.75) is 11.9 Å². The first-order chi connectivity index (χ1) is 14.0. The molecule has 6 N–H and O–H groups in total. The summed E-state index contributed by atoms with van der Waals surface area (Å²) < 4.78 is 11.6. The lowest BCUT2D eigenvalue weighted by molar-refractivity contribution is -0.140. The van der Waals surface area contributed by atoms with Crippen LogP contribution >= 0.6 is 0 Å². The number of rotatable bonds is 0. The third-order valence-electron chi connectivity index (χ3n) is 5.27. The van der Waals surface area contributed by atoms with Gasteiger partial charge in [0.05, 0.1) is 0 Å². The smallest absolute Gasteiger partial charge is 0.335 e. The fourth-order valence-electron chi connectivity index (χ4n) is 3.80. The van der Waals surface area contributed by atoms with E-state index in [-0.39, 0.29) is 0 Å². The fraction of sp³-hybridized carbons (Fsp3) is 0.0870. The van der Waals surface area contributed by atoms with Crippen LogP contribution in [0.5, 0.6) is 11.5 Å². The molecule has 0 fully saturated rings. The minimum Gasteiger partial charge on any atom is -0.457 e. The first-order valence-electron chi connectivity index (χ1n) is 9.23. The van der Waals surface area contributed by atoms with Gasteiger partial charge in [0.1, 0.15) is 11.5 Å². The molecule has 0 bridgehead atoms. The van der Waals surface area contributed by atoms with Gasteiger partial charge in [0, 0.05) is 11.1 Å². The van der Waals surface area contributed by atoms with Crippen molar-refractivity contribution in [2.24, 2.45) is 17.2 Å². The van der Waals surface area contributed by atoms with E-state index >= 15 is 0 Å². The van der Waals surface area contributed by atoms with E-state index in [1.165, 1.54) is 0 Å². The zero-order chi connectivity index (χ0) is 20.2. The normalized spacial score (nSPS) is 18.0. The molecule has 1 aliphatic rings. The Labute approximate surface area is 166 Å². The number of benzene rings is 4. The zero-order valence-corrected chi connectivity index (χ0v) is 15.5. The van der Waals surface area contributed by atoms with Crippen LogP contribution in [0.15, 0.2) is 72.8 Å². The SMILES string of the molecule is NC1C(=O)Oc2ccc3ccccc3c2-c2c(ccc3ccccc23)OC1(N)N. The van der Waals surface area contributed by atoms with E-state index in [2.05, 4.69) is 0 Å². The van der Waals surface area contributed by atoms with Gasteiger partial charge in [-0.2, -0.15) is 0 Å².